The van der Waals surface area contributed by atoms with Gasteiger partial charge >= 0.3 is 0 Å². The number of benzene rings is 1. The predicted octanol–water partition coefficient (Wildman–Crippen LogP) is 3.27. The summed E-state index contributed by atoms with van der Waals surface area (Å²) in [7, 11) is 0. The Bertz CT molecular complexity index is 1140. The third kappa shape index (κ3) is 2.92. The summed E-state index contributed by atoms with van der Waals surface area (Å²) in [6.45, 7) is 6.24. The second kappa shape index (κ2) is 6.91. The van der Waals surface area contributed by atoms with Gasteiger partial charge in [0, 0.05) is 11.8 Å². The highest BCUT2D eigenvalue weighted by atomic mass is 16.5. The maximum absolute atomic E-state index is 6.26. The quantitative estimate of drug-likeness (QED) is 0.571. The molecule has 5 rings (SSSR count). The van der Waals surface area contributed by atoms with Crippen molar-refractivity contribution in [3.8, 4) is 17.0 Å². The molecule has 0 atom stereocenters. The summed E-state index contributed by atoms with van der Waals surface area (Å²) >= 11 is 0. The Kier molecular flexibility index (Phi) is 4.24. The maximum atomic E-state index is 6.26. The second-order valence-corrected chi connectivity index (χ2v) is 7.45. The van der Waals surface area contributed by atoms with E-state index in [9.17, 15) is 0 Å². The number of rotatable bonds is 4. The Balaban J connectivity index is 1.57. The van der Waals surface area contributed by atoms with Crippen molar-refractivity contribution in [2.24, 2.45) is 0 Å². The molecule has 28 heavy (non-hydrogen) atoms. The third-order valence-electron chi connectivity index (χ3n) is 5.55. The Morgan fingerprint density at radius 2 is 2.04 bits per heavy atom. The Morgan fingerprint density at radius 3 is 2.86 bits per heavy atom. The van der Waals surface area contributed by atoms with Gasteiger partial charge in [-0.05, 0) is 68.1 Å². The topological polar surface area (TPSA) is 80.1 Å². The summed E-state index contributed by atoms with van der Waals surface area (Å²) in [4.78, 5) is 4.31. The van der Waals surface area contributed by atoms with Crippen molar-refractivity contribution in [1.29, 1.82) is 0 Å². The molecule has 0 radical (unpaired) electrons. The van der Waals surface area contributed by atoms with Crippen LogP contribution in [0.25, 0.3) is 27.7 Å². The van der Waals surface area contributed by atoms with Crippen molar-refractivity contribution in [3.05, 3.63) is 41.9 Å². The first-order valence-corrected chi connectivity index (χ1v) is 9.91. The highest BCUT2D eigenvalue weighted by molar-refractivity contribution is 5.91. The van der Waals surface area contributed by atoms with Gasteiger partial charge < -0.3 is 10.1 Å². The molecule has 0 aliphatic carbocycles. The summed E-state index contributed by atoms with van der Waals surface area (Å²) in [5.41, 5.74) is 6.49. The van der Waals surface area contributed by atoms with Crippen molar-refractivity contribution in [2.45, 2.75) is 39.2 Å². The van der Waals surface area contributed by atoms with E-state index in [0.29, 0.717) is 0 Å². The highest BCUT2D eigenvalue weighted by Gasteiger charge is 2.19. The number of nitrogens with one attached hydrogen (secondary N) is 2. The van der Waals surface area contributed by atoms with Gasteiger partial charge in [0.25, 0.3) is 0 Å². The van der Waals surface area contributed by atoms with E-state index in [1.54, 1.807) is 6.33 Å². The molecule has 0 amide bonds. The lowest BCUT2D eigenvalue weighted by molar-refractivity contribution is 0.157. The molecule has 0 spiro atoms. The van der Waals surface area contributed by atoms with Gasteiger partial charge in [0.15, 0.2) is 5.65 Å². The Morgan fingerprint density at radius 1 is 1.18 bits per heavy atom. The molecule has 4 aromatic rings. The molecule has 7 nitrogen and oxygen atoms in total. The van der Waals surface area contributed by atoms with E-state index in [-0.39, 0.29) is 6.10 Å². The molecule has 144 valence electrons. The molecule has 1 aliphatic heterocycles. The van der Waals surface area contributed by atoms with Gasteiger partial charge in [-0.3, -0.25) is 5.10 Å². The number of ether oxygens (including phenoxy) is 1. The number of hydrogen-bond donors (Lipinski definition) is 2. The fourth-order valence-electron chi connectivity index (χ4n) is 4.06. The van der Waals surface area contributed by atoms with Crippen LogP contribution in [0.3, 0.4) is 0 Å². The standard InChI is InChI=1S/C21H24N6O/c1-3-14-9-15(16-8-13(2)20-23-12-24-27(20)11-16)10-18-19(14)21(26-25-18)28-17-4-6-22-7-5-17/h8-12,17,22H,3-7H2,1-2H3,(H,25,26). The van der Waals surface area contributed by atoms with Gasteiger partial charge in [0.05, 0.1) is 10.9 Å². The zero-order chi connectivity index (χ0) is 19.1. The van der Waals surface area contributed by atoms with Crippen molar-refractivity contribution in [1.82, 2.24) is 30.1 Å². The van der Waals surface area contributed by atoms with Gasteiger partial charge in [-0.25, -0.2) is 9.50 Å². The minimum absolute atomic E-state index is 0.231. The monoisotopic (exact) mass is 376 g/mol. The smallest absolute Gasteiger partial charge is 0.241 e. The minimum atomic E-state index is 0.231. The van der Waals surface area contributed by atoms with Crippen LogP contribution in [0.5, 0.6) is 5.88 Å². The fraction of sp³-hybridized carbons (Fsp3) is 0.381. The number of H-pyrrole nitrogens is 1. The van der Waals surface area contributed by atoms with Crippen molar-refractivity contribution in [2.75, 3.05) is 13.1 Å². The van der Waals surface area contributed by atoms with E-state index in [1.807, 2.05) is 10.7 Å². The van der Waals surface area contributed by atoms with Crippen LogP contribution in [0, 0.1) is 6.92 Å². The summed E-state index contributed by atoms with van der Waals surface area (Å²) in [6, 6.07) is 6.55. The van der Waals surface area contributed by atoms with Gasteiger partial charge in [-0.15, -0.1) is 5.10 Å². The van der Waals surface area contributed by atoms with Crippen LogP contribution in [0.2, 0.25) is 0 Å². The number of aryl methyl sites for hydroxylation is 2. The van der Waals surface area contributed by atoms with Crippen molar-refractivity contribution in [3.63, 3.8) is 0 Å². The minimum Gasteiger partial charge on any atom is -0.473 e. The molecular formula is C21H24N6O. The van der Waals surface area contributed by atoms with E-state index in [4.69, 9.17) is 4.74 Å². The zero-order valence-corrected chi connectivity index (χ0v) is 16.2. The van der Waals surface area contributed by atoms with Gasteiger partial charge in [-0.1, -0.05) is 13.0 Å². The van der Waals surface area contributed by atoms with Gasteiger partial charge in [0.1, 0.15) is 12.4 Å². The van der Waals surface area contributed by atoms with E-state index in [0.717, 1.165) is 71.5 Å². The zero-order valence-electron chi connectivity index (χ0n) is 16.2. The first kappa shape index (κ1) is 17.2. The van der Waals surface area contributed by atoms with E-state index >= 15 is 0 Å². The molecule has 0 bridgehead atoms. The van der Waals surface area contributed by atoms with Crippen LogP contribution in [0.15, 0.2) is 30.7 Å². The summed E-state index contributed by atoms with van der Waals surface area (Å²) in [6.07, 6.45) is 6.80. The lowest BCUT2D eigenvalue weighted by Gasteiger charge is -2.23. The molecule has 4 heterocycles. The number of hydrogen-bond acceptors (Lipinski definition) is 5. The van der Waals surface area contributed by atoms with Crippen molar-refractivity contribution >= 4 is 16.6 Å². The molecule has 7 heteroatoms. The summed E-state index contributed by atoms with van der Waals surface area (Å²) < 4.78 is 8.09. The number of aromatic nitrogens is 5. The van der Waals surface area contributed by atoms with Crippen LogP contribution >= 0.6 is 0 Å². The molecular weight excluding hydrogens is 352 g/mol. The normalized spacial score (nSPS) is 15.5. The van der Waals surface area contributed by atoms with E-state index in [1.165, 1.54) is 5.56 Å². The number of pyridine rings is 1. The Labute approximate surface area is 163 Å². The molecule has 3 aromatic heterocycles. The highest BCUT2D eigenvalue weighted by Crippen LogP contribution is 2.33. The summed E-state index contributed by atoms with van der Waals surface area (Å²) in [5, 5.41) is 16.5. The number of aromatic amines is 1. The molecule has 2 N–H and O–H groups in total. The largest absolute Gasteiger partial charge is 0.473 e. The fourth-order valence-corrected chi connectivity index (χ4v) is 4.06. The molecule has 1 saturated heterocycles. The number of nitrogens with zero attached hydrogens (tertiary/aromatic N) is 4. The average molecular weight is 376 g/mol. The third-order valence-corrected chi connectivity index (χ3v) is 5.55. The summed E-state index contributed by atoms with van der Waals surface area (Å²) in [5.74, 6) is 0.730. The lowest BCUT2D eigenvalue weighted by atomic mass is 9.99. The number of fused-ring (bicyclic) bond motifs is 2. The predicted molar refractivity (Wildman–Crippen MR) is 109 cm³/mol. The first-order chi connectivity index (χ1) is 13.7. The number of piperidine rings is 1. The Hall–Kier alpha value is -2.93. The SMILES string of the molecule is CCc1cc(-c2cc(C)c3ncnn3c2)cc2[nH]nc(OC3CCNCC3)c12. The molecule has 0 saturated carbocycles. The van der Waals surface area contributed by atoms with Crippen molar-refractivity contribution < 1.29 is 4.74 Å². The second-order valence-electron chi connectivity index (χ2n) is 7.45. The van der Waals surface area contributed by atoms with E-state index < -0.39 is 0 Å². The molecule has 1 aromatic carbocycles. The molecule has 0 unspecified atom stereocenters. The average Bonchev–Trinajstić information content (AvgIpc) is 3.35. The van der Waals surface area contributed by atoms with Crippen LogP contribution in [-0.2, 0) is 6.42 Å². The van der Waals surface area contributed by atoms with Crippen LogP contribution in [0.1, 0.15) is 30.9 Å². The van der Waals surface area contributed by atoms with Gasteiger partial charge in [0.2, 0.25) is 5.88 Å². The van der Waals surface area contributed by atoms with Gasteiger partial charge in [-0.2, -0.15) is 5.10 Å². The first-order valence-electron chi connectivity index (χ1n) is 9.91. The molecule has 1 aliphatic rings. The lowest BCUT2D eigenvalue weighted by Crippen LogP contribution is -2.34. The maximum Gasteiger partial charge on any atom is 0.241 e. The van der Waals surface area contributed by atoms with Crippen LogP contribution in [0.4, 0.5) is 0 Å². The van der Waals surface area contributed by atoms with Crippen LogP contribution < -0.4 is 10.1 Å². The van der Waals surface area contributed by atoms with E-state index in [2.05, 4.69) is 57.6 Å². The molecule has 1 fully saturated rings. The van der Waals surface area contributed by atoms with Crippen LogP contribution in [-0.4, -0.2) is 44.0 Å².